The molecule has 2 rings (SSSR count). The number of nitrogens with zero attached hydrogens (tertiary/aromatic N) is 2. The summed E-state index contributed by atoms with van der Waals surface area (Å²) in [6, 6.07) is 5.77. The van der Waals surface area contributed by atoms with E-state index in [1.807, 2.05) is 30.0 Å². The van der Waals surface area contributed by atoms with Crippen molar-refractivity contribution >= 4 is 5.91 Å². The average Bonchev–Trinajstić information content (AvgIpc) is 2.53. The van der Waals surface area contributed by atoms with Crippen LogP contribution in [0.1, 0.15) is 28.4 Å². The number of hydrogen-bond acceptors (Lipinski definition) is 3. The van der Waals surface area contributed by atoms with E-state index in [1.54, 1.807) is 0 Å². The summed E-state index contributed by atoms with van der Waals surface area (Å²) < 4.78 is 0. The number of carbonyl (C=O) groups excluding carboxylic acids is 1. The molecule has 0 radical (unpaired) electrons. The smallest absolute Gasteiger partial charge is 0.254 e. The summed E-state index contributed by atoms with van der Waals surface area (Å²) in [5.74, 6) is 5.93. The van der Waals surface area contributed by atoms with Crippen LogP contribution >= 0.6 is 0 Å². The van der Waals surface area contributed by atoms with Gasteiger partial charge in [-0.2, -0.15) is 0 Å². The number of amides is 1. The molecule has 112 valence electrons. The van der Waals surface area contributed by atoms with Crippen LogP contribution in [0.25, 0.3) is 0 Å². The molecule has 0 spiro atoms. The normalized spacial score (nSPS) is 15.5. The zero-order chi connectivity index (χ0) is 15.2. The van der Waals surface area contributed by atoms with Crippen LogP contribution in [-0.2, 0) is 0 Å². The van der Waals surface area contributed by atoms with Crippen LogP contribution in [0.15, 0.2) is 18.2 Å². The molecule has 1 aliphatic rings. The van der Waals surface area contributed by atoms with E-state index >= 15 is 0 Å². The maximum Gasteiger partial charge on any atom is 0.254 e. The fraction of sp³-hybridized carbons (Fsp3) is 0.471. The van der Waals surface area contributed by atoms with Gasteiger partial charge in [0.1, 0.15) is 0 Å². The Kier molecular flexibility index (Phi) is 5.38. The van der Waals surface area contributed by atoms with Gasteiger partial charge >= 0.3 is 0 Å². The predicted octanol–water partition coefficient (Wildman–Crippen LogP) is 1.08. The predicted molar refractivity (Wildman–Crippen MR) is 85.1 cm³/mol. The number of piperazine rings is 1. The third-order valence-electron chi connectivity index (χ3n) is 3.91. The van der Waals surface area contributed by atoms with Gasteiger partial charge < -0.3 is 15.5 Å². The molecule has 2 N–H and O–H groups in total. The second-order valence-corrected chi connectivity index (χ2v) is 5.26. The van der Waals surface area contributed by atoms with Crippen molar-refractivity contribution < 1.29 is 4.79 Å². The molecule has 1 aromatic rings. The molecule has 0 atom stereocenters. The van der Waals surface area contributed by atoms with E-state index in [-0.39, 0.29) is 5.91 Å². The molecule has 0 aromatic heterocycles. The number of aryl methyl sites for hydroxylation is 1. The van der Waals surface area contributed by atoms with Crippen LogP contribution in [0, 0.1) is 18.8 Å². The minimum Gasteiger partial charge on any atom is -0.336 e. The first-order valence-corrected chi connectivity index (χ1v) is 7.47. The second kappa shape index (κ2) is 7.26. The van der Waals surface area contributed by atoms with Crippen molar-refractivity contribution in [1.29, 1.82) is 0 Å². The molecule has 4 heteroatoms. The summed E-state index contributed by atoms with van der Waals surface area (Å²) in [4.78, 5) is 17.0. The SMILES string of the molecule is CCN1CCN(C(=O)c2cc(C#CCN)ccc2C)CC1. The van der Waals surface area contributed by atoms with Crippen LogP contribution in [0.5, 0.6) is 0 Å². The third-order valence-corrected chi connectivity index (χ3v) is 3.91. The van der Waals surface area contributed by atoms with Crippen LogP contribution < -0.4 is 5.73 Å². The first kappa shape index (κ1) is 15.6. The molecule has 1 aromatic carbocycles. The molecule has 4 nitrogen and oxygen atoms in total. The number of benzene rings is 1. The quantitative estimate of drug-likeness (QED) is 0.827. The Morgan fingerprint density at radius 2 is 2.00 bits per heavy atom. The van der Waals surface area contributed by atoms with Gasteiger partial charge in [-0.15, -0.1) is 0 Å². The van der Waals surface area contributed by atoms with Gasteiger partial charge in [0.25, 0.3) is 5.91 Å². The average molecular weight is 285 g/mol. The topological polar surface area (TPSA) is 49.6 Å². The van der Waals surface area contributed by atoms with Crippen LogP contribution in [0.2, 0.25) is 0 Å². The highest BCUT2D eigenvalue weighted by atomic mass is 16.2. The van der Waals surface area contributed by atoms with Gasteiger partial charge in [-0.25, -0.2) is 0 Å². The molecule has 1 saturated heterocycles. The molecule has 0 bridgehead atoms. The van der Waals surface area contributed by atoms with Gasteiger partial charge in [-0.1, -0.05) is 24.8 Å². The first-order valence-electron chi connectivity index (χ1n) is 7.47. The molecule has 21 heavy (non-hydrogen) atoms. The largest absolute Gasteiger partial charge is 0.336 e. The molecular formula is C17H23N3O. The van der Waals surface area contributed by atoms with E-state index in [2.05, 4.69) is 23.7 Å². The standard InChI is InChI=1S/C17H23N3O/c1-3-19-9-11-20(12-10-19)17(21)16-13-15(5-4-8-18)7-6-14(16)2/h6-7,13H,3,8-12,18H2,1-2H3. The summed E-state index contributed by atoms with van der Waals surface area (Å²) in [6.45, 7) is 9.00. The van der Waals surface area contributed by atoms with E-state index in [9.17, 15) is 4.79 Å². The van der Waals surface area contributed by atoms with Crippen LogP contribution in [-0.4, -0.2) is 55.0 Å². The Bertz CT molecular complexity index is 563. The summed E-state index contributed by atoms with van der Waals surface area (Å²) in [5, 5.41) is 0. The van der Waals surface area contributed by atoms with Crippen molar-refractivity contribution in [3.63, 3.8) is 0 Å². The Balaban J connectivity index is 2.15. The number of likely N-dealkylation sites (N-methyl/N-ethyl adjacent to an activating group) is 1. The summed E-state index contributed by atoms with van der Waals surface area (Å²) in [5.41, 5.74) is 7.99. The number of rotatable bonds is 2. The minimum absolute atomic E-state index is 0.111. The molecule has 0 saturated carbocycles. The van der Waals surface area contributed by atoms with E-state index in [4.69, 9.17) is 5.73 Å². The van der Waals surface area contributed by atoms with Gasteiger partial charge in [-0.3, -0.25) is 4.79 Å². The molecule has 1 fully saturated rings. The van der Waals surface area contributed by atoms with E-state index in [0.717, 1.165) is 49.4 Å². The summed E-state index contributed by atoms with van der Waals surface area (Å²) in [7, 11) is 0. The lowest BCUT2D eigenvalue weighted by Gasteiger charge is -2.34. The summed E-state index contributed by atoms with van der Waals surface area (Å²) in [6.07, 6.45) is 0. The first-order chi connectivity index (χ1) is 10.2. The van der Waals surface area contributed by atoms with Crippen molar-refractivity contribution in [2.24, 2.45) is 5.73 Å². The highest BCUT2D eigenvalue weighted by molar-refractivity contribution is 5.96. The van der Waals surface area contributed by atoms with Crippen molar-refractivity contribution in [3.05, 3.63) is 34.9 Å². The number of carbonyl (C=O) groups is 1. The minimum atomic E-state index is 0.111. The molecule has 1 aliphatic heterocycles. The maximum atomic E-state index is 12.7. The van der Waals surface area contributed by atoms with Crippen LogP contribution in [0.4, 0.5) is 0 Å². The van der Waals surface area contributed by atoms with Gasteiger partial charge in [-0.05, 0) is 31.2 Å². The molecular weight excluding hydrogens is 262 g/mol. The van der Waals surface area contributed by atoms with Gasteiger partial charge in [0.05, 0.1) is 6.54 Å². The second-order valence-electron chi connectivity index (χ2n) is 5.26. The van der Waals surface area contributed by atoms with Gasteiger partial charge in [0.2, 0.25) is 0 Å². The van der Waals surface area contributed by atoms with E-state index in [1.165, 1.54) is 0 Å². The Hall–Kier alpha value is -1.83. The Morgan fingerprint density at radius 1 is 1.29 bits per heavy atom. The Labute approximate surface area is 126 Å². The molecule has 0 aliphatic carbocycles. The zero-order valence-corrected chi connectivity index (χ0v) is 12.9. The molecule has 0 unspecified atom stereocenters. The lowest BCUT2D eigenvalue weighted by Crippen LogP contribution is -2.48. The number of hydrogen-bond donors (Lipinski definition) is 1. The zero-order valence-electron chi connectivity index (χ0n) is 12.9. The lowest BCUT2D eigenvalue weighted by atomic mass is 10.0. The maximum absolute atomic E-state index is 12.7. The highest BCUT2D eigenvalue weighted by Gasteiger charge is 2.22. The summed E-state index contributed by atoms with van der Waals surface area (Å²) >= 11 is 0. The van der Waals surface area contributed by atoms with E-state index in [0.29, 0.717) is 6.54 Å². The monoisotopic (exact) mass is 285 g/mol. The molecule has 1 heterocycles. The van der Waals surface area contributed by atoms with Crippen molar-refractivity contribution in [2.45, 2.75) is 13.8 Å². The van der Waals surface area contributed by atoms with Crippen molar-refractivity contribution in [2.75, 3.05) is 39.3 Å². The van der Waals surface area contributed by atoms with Gasteiger partial charge in [0, 0.05) is 37.3 Å². The fourth-order valence-corrected chi connectivity index (χ4v) is 2.52. The van der Waals surface area contributed by atoms with Gasteiger partial charge in [0.15, 0.2) is 0 Å². The lowest BCUT2D eigenvalue weighted by molar-refractivity contribution is 0.0642. The van der Waals surface area contributed by atoms with Crippen molar-refractivity contribution in [3.8, 4) is 11.8 Å². The van der Waals surface area contributed by atoms with Crippen LogP contribution in [0.3, 0.4) is 0 Å². The fourth-order valence-electron chi connectivity index (χ4n) is 2.52. The highest BCUT2D eigenvalue weighted by Crippen LogP contribution is 2.15. The number of nitrogens with two attached hydrogens (primary N) is 1. The Morgan fingerprint density at radius 3 is 2.62 bits per heavy atom. The van der Waals surface area contributed by atoms with Crippen molar-refractivity contribution in [1.82, 2.24) is 9.80 Å². The van der Waals surface area contributed by atoms with E-state index < -0.39 is 0 Å². The third kappa shape index (κ3) is 3.84. The molecule has 1 amide bonds.